The number of hydrogen-bond acceptors (Lipinski definition) is 7. The average Bonchev–Trinajstić information content (AvgIpc) is 2.53. The van der Waals surface area contributed by atoms with Crippen LogP contribution in [0.25, 0.3) is 0 Å². The molecule has 0 fully saturated rings. The molecule has 1 aromatic heterocycles. The molecule has 0 radical (unpaired) electrons. The molecule has 0 aliphatic rings. The van der Waals surface area contributed by atoms with Gasteiger partial charge in [0.15, 0.2) is 5.16 Å². The number of rotatable bonds is 5. The van der Waals surface area contributed by atoms with Crippen LogP contribution in [0.15, 0.2) is 35.6 Å². The molecule has 0 unspecified atom stereocenters. The predicted molar refractivity (Wildman–Crippen MR) is 83.1 cm³/mol. The SMILES string of the molecule is CCOC(=O)c1cnc(SCc2cccc(C#N)c2)nc1N. The van der Waals surface area contributed by atoms with Crippen molar-refractivity contribution >= 4 is 23.5 Å². The fourth-order valence-electron chi connectivity index (χ4n) is 1.69. The number of nitrogens with zero attached hydrogens (tertiary/aromatic N) is 3. The third kappa shape index (κ3) is 3.96. The van der Waals surface area contributed by atoms with Crippen LogP contribution < -0.4 is 5.73 Å². The smallest absolute Gasteiger partial charge is 0.343 e. The number of ether oxygens (including phenoxy) is 1. The number of thioether (sulfide) groups is 1. The van der Waals surface area contributed by atoms with Gasteiger partial charge in [-0.2, -0.15) is 5.26 Å². The largest absolute Gasteiger partial charge is 0.462 e. The van der Waals surface area contributed by atoms with Crippen molar-refractivity contribution < 1.29 is 9.53 Å². The van der Waals surface area contributed by atoms with E-state index in [0.717, 1.165) is 5.56 Å². The van der Waals surface area contributed by atoms with Crippen LogP contribution in [0.3, 0.4) is 0 Å². The Kier molecular flexibility index (Phi) is 5.33. The number of nitrogens with two attached hydrogens (primary N) is 1. The van der Waals surface area contributed by atoms with Crippen LogP contribution >= 0.6 is 11.8 Å². The molecule has 0 saturated carbocycles. The number of aromatic nitrogens is 2. The first kappa shape index (κ1) is 15.8. The van der Waals surface area contributed by atoms with E-state index in [-0.39, 0.29) is 18.0 Å². The minimum atomic E-state index is -0.529. The molecule has 0 bridgehead atoms. The average molecular weight is 314 g/mol. The van der Waals surface area contributed by atoms with Crippen LogP contribution in [-0.2, 0) is 10.5 Å². The number of anilines is 1. The summed E-state index contributed by atoms with van der Waals surface area (Å²) in [6.07, 6.45) is 1.37. The van der Waals surface area contributed by atoms with Crippen molar-refractivity contribution in [2.45, 2.75) is 17.8 Å². The zero-order chi connectivity index (χ0) is 15.9. The number of hydrogen-bond donors (Lipinski definition) is 1. The van der Waals surface area contributed by atoms with Crippen molar-refractivity contribution in [2.75, 3.05) is 12.3 Å². The van der Waals surface area contributed by atoms with Gasteiger partial charge in [-0.15, -0.1) is 0 Å². The van der Waals surface area contributed by atoms with Crippen molar-refractivity contribution in [3.63, 3.8) is 0 Å². The van der Waals surface area contributed by atoms with Gasteiger partial charge in [-0.05, 0) is 24.6 Å². The summed E-state index contributed by atoms with van der Waals surface area (Å²) >= 11 is 1.38. The van der Waals surface area contributed by atoms with Crippen LogP contribution in [-0.4, -0.2) is 22.5 Å². The van der Waals surface area contributed by atoms with Crippen molar-refractivity contribution in [2.24, 2.45) is 0 Å². The van der Waals surface area contributed by atoms with Crippen molar-refractivity contribution in [3.05, 3.63) is 47.2 Å². The highest BCUT2D eigenvalue weighted by Crippen LogP contribution is 2.21. The van der Waals surface area contributed by atoms with Crippen LogP contribution in [0.2, 0.25) is 0 Å². The maximum atomic E-state index is 11.6. The van der Waals surface area contributed by atoms with Crippen LogP contribution in [0.1, 0.15) is 28.4 Å². The molecular formula is C15H14N4O2S. The van der Waals surface area contributed by atoms with E-state index in [9.17, 15) is 4.79 Å². The topological polar surface area (TPSA) is 102 Å². The quantitative estimate of drug-likeness (QED) is 0.513. The van der Waals surface area contributed by atoms with Gasteiger partial charge >= 0.3 is 5.97 Å². The second-order valence-electron chi connectivity index (χ2n) is 4.27. The molecule has 0 saturated heterocycles. The molecule has 0 aliphatic heterocycles. The fraction of sp³-hybridized carbons (Fsp3) is 0.200. The van der Waals surface area contributed by atoms with Gasteiger partial charge < -0.3 is 10.5 Å². The Hall–Kier alpha value is -2.59. The summed E-state index contributed by atoms with van der Waals surface area (Å²) in [4.78, 5) is 19.8. The van der Waals surface area contributed by atoms with Gasteiger partial charge in [-0.1, -0.05) is 23.9 Å². The maximum absolute atomic E-state index is 11.6. The Bertz CT molecular complexity index is 728. The first-order valence-electron chi connectivity index (χ1n) is 6.55. The van der Waals surface area contributed by atoms with E-state index >= 15 is 0 Å². The Morgan fingerprint density at radius 2 is 2.32 bits per heavy atom. The highest BCUT2D eigenvalue weighted by atomic mass is 32.2. The standard InChI is InChI=1S/C15H14N4O2S/c1-2-21-14(20)12-8-18-15(19-13(12)17)22-9-11-5-3-4-10(6-11)7-16/h3-6,8H,2,9H2,1H3,(H2,17,18,19). The molecule has 0 aliphatic carbocycles. The molecule has 2 aromatic rings. The van der Waals surface area contributed by atoms with Crippen molar-refractivity contribution in [1.82, 2.24) is 9.97 Å². The molecule has 2 N–H and O–H groups in total. The highest BCUT2D eigenvalue weighted by Gasteiger charge is 2.13. The summed E-state index contributed by atoms with van der Waals surface area (Å²) in [7, 11) is 0. The first-order chi connectivity index (χ1) is 10.6. The van der Waals surface area contributed by atoms with Gasteiger partial charge in [-0.25, -0.2) is 14.8 Å². The monoisotopic (exact) mass is 314 g/mol. The molecule has 6 nitrogen and oxygen atoms in total. The van der Waals surface area contributed by atoms with E-state index in [0.29, 0.717) is 16.5 Å². The Balaban J connectivity index is 2.06. The molecule has 1 aromatic carbocycles. The van der Waals surface area contributed by atoms with Crippen molar-refractivity contribution in [1.29, 1.82) is 5.26 Å². The van der Waals surface area contributed by atoms with E-state index in [2.05, 4.69) is 16.0 Å². The second-order valence-corrected chi connectivity index (χ2v) is 5.22. The second kappa shape index (κ2) is 7.43. The third-order valence-electron chi connectivity index (χ3n) is 2.72. The summed E-state index contributed by atoms with van der Waals surface area (Å²) in [5.41, 5.74) is 7.52. The summed E-state index contributed by atoms with van der Waals surface area (Å²) in [5.74, 6) is 0.174. The summed E-state index contributed by atoms with van der Waals surface area (Å²) in [6.45, 7) is 1.98. The lowest BCUT2D eigenvalue weighted by molar-refractivity contribution is 0.0526. The lowest BCUT2D eigenvalue weighted by atomic mass is 10.2. The van der Waals surface area contributed by atoms with E-state index < -0.39 is 5.97 Å². The highest BCUT2D eigenvalue weighted by molar-refractivity contribution is 7.98. The van der Waals surface area contributed by atoms with Crippen LogP contribution in [0, 0.1) is 11.3 Å². The third-order valence-corrected chi connectivity index (χ3v) is 3.65. The number of carbonyl (C=O) groups is 1. The molecule has 2 rings (SSSR count). The molecule has 22 heavy (non-hydrogen) atoms. The number of esters is 1. The summed E-state index contributed by atoms with van der Waals surface area (Å²) in [5, 5.41) is 9.33. The maximum Gasteiger partial charge on any atom is 0.343 e. The summed E-state index contributed by atoms with van der Waals surface area (Å²) < 4.78 is 4.87. The Labute approximate surface area is 132 Å². The van der Waals surface area contributed by atoms with Crippen LogP contribution in [0.5, 0.6) is 0 Å². The fourth-order valence-corrected chi connectivity index (χ4v) is 2.46. The molecule has 1 heterocycles. The number of nitriles is 1. The van der Waals surface area contributed by atoms with Crippen molar-refractivity contribution in [3.8, 4) is 6.07 Å². The zero-order valence-electron chi connectivity index (χ0n) is 11.9. The van der Waals surface area contributed by atoms with Gasteiger partial charge in [0.1, 0.15) is 11.4 Å². The van der Waals surface area contributed by atoms with E-state index in [4.69, 9.17) is 15.7 Å². The van der Waals surface area contributed by atoms with Gasteiger partial charge in [-0.3, -0.25) is 0 Å². The predicted octanol–water partition coefficient (Wildman–Crippen LogP) is 2.40. The van der Waals surface area contributed by atoms with Gasteiger partial charge in [0.25, 0.3) is 0 Å². The molecule has 7 heteroatoms. The van der Waals surface area contributed by atoms with Gasteiger partial charge in [0, 0.05) is 11.9 Å². The molecular weight excluding hydrogens is 300 g/mol. The Morgan fingerprint density at radius 3 is 3.00 bits per heavy atom. The van der Waals surface area contributed by atoms with E-state index in [1.807, 2.05) is 18.2 Å². The van der Waals surface area contributed by atoms with E-state index in [1.165, 1.54) is 18.0 Å². The lowest BCUT2D eigenvalue weighted by Gasteiger charge is -2.06. The molecule has 112 valence electrons. The number of carbonyl (C=O) groups excluding carboxylic acids is 1. The van der Waals surface area contributed by atoms with Gasteiger partial charge in [0.05, 0.1) is 18.2 Å². The Morgan fingerprint density at radius 1 is 1.50 bits per heavy atom. The minimum absolute atomic E-state index is 0.0988. The van der Waals surface area contributed by atoms with Crippen LogP contribution in [0.4, 0.5) is 5.82 Å². The zero-order valence-corrected chi connectivity index (χ0v) is 12.8. The lowest BCUT2D eigenvalue weighted by Crippen LogP contribution is -2.10. The summed E-state index contributed by atoms with van der Waals surface area (Å²) in [6, 6.07) is 9.40. The normalized spacial score (nSPS) is 10.0. The number of benzene rings is 1. The molecule has 0 spiro atoms. The minimum Gasteiger partial charge on any atom is -0.462 e. The first-order valence-corrected chi connectivity index (χ1v) is 7.54. The molecule has 0 amide bonds. The van der Waals surface area contributed by atoms with Gasteiger partial charge in [0.2, 0.25) is 0 Å². The van der Waals surface area contributed by atoms with E-state index in [1.54, 1.807) is 13.0 Å². The number of nitrogen functional groups attached to an aromatic ring is 1. The molecule has 0 atom stereocenters.